The SMILES string of the molecule is CN1C(=O)Cc2c1ccc(Br)c2F. The number of hydrogen-bond acceptors (Lipinski definition) is 1. The number of carbonyl (C=O) groups is 1. The molecule has 4 heteroatoms. The van der Waals surface area contributed by atoms with Crippen molar-refractivity contribution in [1.29, 1.82) is 0 Å². The number of rotatable bonds is 0. The topological polar surface area (TPSA) is 20.3 Å². The summed E-state index contributed by atoms with van der Waals surface area (Å²) in [5.74, 6) is -0.387. The Balaban J connectivity index is 2.64. The maximum Gasteiger partial charge on any atom is 0.231 e. The van der Waals surface area contributed by atoms with E-state index < -0.39 is 0 Å². The molecule has 1 aliphatic heterocycles. The molecular weight excluding hydrogens is 237 g/mol. The third-order valence-corrected chi connectivity index (χ3v) is 2.85. The van der Waals surface area contributed by atoms with Crippen molar-refractivity contribution < 1.29 is 9.18 Å². The third-order valence-electron chi connectivity index (χ3n) is 2.23. The van der Waals surface area contributed by atoms with E-state index in [4.69, 9.17) is 0 Å². The molecule has 0 saturated heterocycles. The van der Waals surface area contributed by atoms with Crippen LogP contribution in [0.25, 0.3) is 0 Å². The van der Waals surface area contributed by atoms with Crippen LogP contribution in [0.2, 0.25) is 0 Å². The highest BCUT2D eigenvalue weighted by molar-refractivity contribution is 9.10. The van der Waals surface area contributed by atoms with E-state index in [0.717, 1.165) is 0 Å². The van der Waals surface area contributed by atoms with Crippen molar-refractivity contribution in [2.75, 3.05) is 11.9 Å². The summed E-state index contributed by atoms with van der Waals surface area (Å²) in [7, 11) is 1.65. The number of likely N-dealkylation sites (N-methyl/N-ethyl adjacent to an activating group) is 1. The number of anilines is 1. The monoisotopic (exact) mass is 243 g/mol. The minimum Gasteiger partial charge on any atom is -0.315 e. The maximum atomic E-state index is 13.4. The van der Waals surface area contributed by atoms with Crippen LogP contribution >= 0.6 is 15.9 Å². The molecule has 0 fully saturated rings. The van der Waals surface area contributed by atoms with Crippen LogP contribution < -0.4 is 4.90 Å². The molecule has 13 heavy (non-hydrogen) atoms. The maximum absolute atomic E-state index is 13.4. The average molecular weight is 244 g/mol. The summed E-state index contributed by atoms with van der Waals surface area (Å²) in [5.41, 5.74) is 1.16. The zero-order chi connectivity index (χ0) is 9.59. The van der Waals surface area contributed by atoms with E-state index in [1.54, 1.807) is 19.2 Å². The molecule has 0 aliphatic carbocycles. The van der Waals surface area contributed by atoms with E-state index in [-0.39, 0.29) is 18.1 Å². The minimum absolute atomic E-state index is 0.0630. The number of amides is 1. The number of nitrogens with zero attached hydrogens (tertiary/aromatic N) is 1. The van der Waals surface area contributed by atoms with Crippen molar-refractivity contribution in [3.8, 4) is 0 Å². The van der Waals surface area contributed by atoms with Crippen molar-refractivity contribution in [3.63, 3.8) is 0 Å². The summed E-state index contributed by atoms with van der Waals surface area (Å²) in [4.78, 5) is 12.7. The summed E-state index contributed by atoms with van der Waals surface area (Å²) in [6.07, 6.45) is 0.164. The van der Waals surface area contributed by atoms with Crippen molar-refractivity contribution >= 4 is 27.5 Å². The fourth-order valence-corrected chi connectivity index (χ4v) is 1.84. The van der Waals surface area contributed by atoms with Crippen LogP contribution in [0.5, 0.6) is 0 Å². The molecule has 0 N–H and O–H groups in total. The van der Waals surface area contributed by atoms with Gasteiger partial charge in [-0.1, -0.05) is 0 Å². The second kappa shape index (κ2) is 2.80. The van der Waals surface area contributed by atoms with Crippen LogP contribution in [-0.2, 0) is 11.2 Å². The Kier molecular flexibility index (Phi) is 1.87. The minimum atomic E-state index is -0.324. The van der Waals surface area contributed by atoms with E-state index in [0.29, 0.717) is 15.7 Å². The second-order valence-electron chi connectivity index (χ2n) is 2.99. The molecule has 0 aromatic heterocycles. The summed E-state index contributed by atoms with van der Waals surface area (Å²) in [6.45, 7) is 0. The average Bonchev–Trinajstić information content (AvgIpc) is 2.38. The second-order valence-corrected chi connectivity index (χ2v) is 3.84. The van der Waals surface area contributed by atoms with Gasteiger partial charge >= 0.3 is 0 Å². The van der Waals surface area contributed by atoms with Crippen LogP contribution in [0.1, 0.15) is 5.56 Å². The molecule has 0 spiro atoms. The Hall–Kier alpha value is -0.900. The van der Waals surface area contributed by atoms with Gasteiger partial charge in [0.05, 0.1) is 10.9 Å². The molecule has 0 saturated carbocycles. The number of fused-ring (bicyclic) bond motifs is 1. The zero-order valence-electron chi connectivity index (χ0n) is 6.97. The molecule has 0 atom stereocenters. The highest BCUT2D eigenvalue weighted by Gasteiger charge is 2.27. The highest BCUT2D eigenvalue weighted by atomic mass is 79.9. The summed E-state index contributed by atoms with van der Waals surface area (Å²) >= 11 is 3.08. The smallest absolute Gasteiger partial charge is 0.231 e. The molecule has 2 rings (SSSR count). The zero-order valence-corrected chi connectivity index (χ0v) is 8.56. The van der Waals surface area contributed by atoms with Gasteiger partial charge in [0, 0.05) is 18.3 Å². The van der Waals surface area contributed by atoms with Crippen LogP contribution in [-0.4, -0.2) is 13.0 Å². The molecule has 1 amide bonds. The van der Waals surface area contributed by atoms with Gasteiger partial charge in [-0.3, -0.25) is 4.79 Å². The van der Waals surface area contributed by atoms with Gasteiger partial charge in [0.25, 0.3) is 0 Å². The van der Waals surface area contributed by atoms with Gasteiger partial charge in [-0.05, 0) is 28.1 Å². The van der Waals surface area contributed by atoms with Gasteiger partial charge in [-0.15, -0.1) is 0 Å². The lowest BCUT2D eigenvalue weighted by atomic mass is 10.1. The lowest BCUT2D eigenvalue weighted by Crippen LogP contribution is -2.20. The van der Waals surface area contributed by atoms with Gasteiger partial charge in [0.15, 0.2) is 0 Å². The molecule has 0 radical (unpaired) electrons. The fraction of sp³-hybridized carbons (Fsp3) is 0.222. The van der Waals surface area contributed by atoms with E-state index in [1.165, 1.54) is 4.90 Å². The van der Waals surface area contributed by atoms with Gasteiger partial charge in [-0.2, -0.15) is 0 Å². The number of halogens is 2. The van der Waals surface area contributed by atoms with Crippen molar-refractivity contribution in [2.24, 2.45) is 0 Å². The predicted octanol–water partition coefficient (Wildman–Crippen LogP) is 2.11. The largest absolute Gasteiger partial charge is 0.315 e. The molecule has 0 bridgehead atoms. The lowest BCUT2D eigenvalue weighted by molar-refractivity contribution is -0.117. The highest BCUT2D eigenvalue weighted by Crippen LogP contribution is 2.33. The standard InChI is InChI=1S/C9H7BrFNO/c1-12-7-3-2-6(10)9(11)5(7)4-8(12)13/h2-3H,4H2,1H3. The van der Waals surface area contributed by atoms with Gasteiger partial charge in [0.1, 0.15) is 5.82 Å². The first-order valence-electron chi connectivity index (χ1n) is 3.84. The fourth-order valence-electron chi connectivity index (χ4n) is 1.47. The molecule has 1 aliphatic rings. The summed E-state index contributed by atoms with van der Waals surface area (Å²) in [5, 5.41) is 0. The quantitative estimate of drug-likeness (QED) is 0.684. The van der Waals surface area contributed by atoms with Gasteiger partial charge in [0.2, 0.25) is 5.91 Å². The first-order chi connectivity index (χ1) is 6.11. The van der Waals surface area contributed by atoms with Crippen LogP contribution in [0.15, 0.2) is 16.6 Å². The van der Waals surface area contributed by atoms with Crippen LogP contribution in [0.3, 0.4) is 0 Å². The summed E-state index contributed by atoms with van der Waals surface area (Å²) in [6, 6.07) is 3.36. The van der Waals surface area contributed by atoms with E-state index in [1.807, 2.05) is 0 Å². The molecule has 1 aromatic rings. The van der Waals surface area contributed by atoms with Crippen molar-refractivity contribution in [3.05, 3.63) is 28.0 Å². The first kappa shape index (κ1) is 8.69. The Bertz CT molecular complexity index is 391. The Morgan fingerprint density at radius 1 is 1.54 bits per heavy atom. The van der Waals surface area contributed by atoms with E-state index in [2.05, 4.69) is 15.9 Å². The number of benzene rings is 1. The molecular formula is C9H7BrFNO. The molecule has 1 heterocycles. The first-order valence-corrected chi connectivity index (χ1v) is 4.64. The summed E-state index contributed by atoms with van der Waals surface area (Å²) < 4.78 is 13.8. The van der Waals surface area contributed by atoms with E-state index >= 15 is 0 Å². The van der Waals surface area contributed by atoms with Crippen molar-refractivity contribution in [2.45, 2.75) is 6.42 Å². The lowest BCUT2D eigenvalue weighted by Gasteiger charge is -2.09. The number of carbonyl (C=O) groups excluding carboxylic acids is 1. The molecule has 1 aromatic carbocycles. The predicted molar refractivity (Wildman–Crippen MR) is 51.2 cm³/mol. The third kappa shape index (κ3) is 1.16. The Morgan fingerprint density at radius 3 is 2.92 bits per heavy atom. The van der Waals surface area contributed by atoms with Crippen LogP contribution in [0.4, 0.5) is 10.1 Å². The van der Waals surface area contributed by atoms with Crippen LogP contribution in [0, 0.1) is 5.82 Å². The van der Waals surface area contributed by atoms with Gasteiger partial charge < -0.3 is 4.90 Å². The van der Waals surface area contributed by atoms with Crippen molar-refractivity contribution in [1.82, 2.24) is 0 Å². The Morgan fingerprint density at radius 2 is 2.23 bits per heavy atom. The Labute approximate surface area is 83.5 Å². The molecule has 68 valence electrons. The normalized spacial score (nSPS) is 15.0. The van der Waals surface area contributed by atoms with E-state index in [9.17, 15) is 9.18 Å². The molecule has 0 unspecified atom stereocenters. The number of hydrogen-bond donors (Lipinski definition) is 0. The van der Waals surface area contributed by atoms with Gasteiger partial charge in [-0.25, -0.2) is 4.39 Å². The molecule has 2 nitrogen and oxygen atoms in total.